The average molecular weight is 607 g/mol. The summed E-state index contributed by atoms with van der Waals surface area (Å²) in [6, 6.07) is 10.4. The zero-order chi connectivity index (χ0) is 31.2. The highest BCUT2D eigenvalue weighted by Crippen LogP contribution is 2.73. The van der Waals surface area contributed by atoms with Crippen LogP contribution in [0.1, 0.15) is 91.5 Å². The topological polar surface area (TPSA) is 96.2 Å². The molecule has 3 N–H and O–H groups in total. The van der Waals surface area contributed by atoms with E-state index in [2.05, 4.69) is 52.0 Å². The molecule has 1 saturated heterocycles. The molecular weight excluding hydrogens is 552 g/mol. The van der Waals surface area contributed by atoms with E-state index in [9.17, 15) is 20.1 Å². The highest BCUT2D eigenvalue weighted by Gasteiger charge is 2.74. The fraction of sp³-hybridized carbons (Fsp3) is 0.763. The van der Waals surface area contributed by atoms with Crippen molar-refractivity contribution in [3.63, 3.8) is 0 Å². The number of aliphatic hydroxyl groups excluding tert-OH is 1. The molecular formula is C38H54O6. The molecule has 4 fully saturated rings. The van der Waals surface area contributed by atoms with Crippen LogP contribution in [-0.2, 0) is 20.7 Å². The number of carbonyl (C=O) groups excluding carboxylic acids is 1. The number of hydrogen-bond donors (Lipinski definition) is 3. The molecule has 3 saturated carbocycles. The van der Waals surface area contributed by atoms with Gasteiger partial charge in [-0.15, -0.1) is 0 Å². The van der Waals surface area contributed by atoms with E-state index in [-0.39, 0.29) is 46.9 Å². The van der Waals surface area contributed by atoms with Crippen LogP contribution >= 0.6 is 0 Å². The molecule has 6 heteroatoms. The van der Waals surface area contributed by atoms with Crippen molar-refractivity contribution in [2.75, 3.05) is 13.2 Å². The molecule has 44 heavy (non-hydrogen) atoms. The van der Waals surface area contributed by atoms with Gasteiger partial charge in [-0.25, -0.2) is 0 Å². The van der Waals surface area contributed by atoms with Crippen LogP contribution < -0.4 is 0 Å². The van der Waals surface area contributed by atoms with Gasteiger partial charge in [-0.05, 0) is 116 Å². The third kappa shape index (κ3) is 4.26. The van der Waals surface area contributed by atoms with Crippen molar-refractivity contribution in [1.82, 2.24) is 0 Å². The molecule has 0 aromatic heterocycles. The minimum Gasteiger partial charge on any atom is -0.387 e. The molecule has 0 bridgehead atoms. The summed E-state index contributed by atoms with van der Waals surface area (Å²) in [5.74, 6) is 0.481. The van der Waals surface area contributed by atoms with Gasteiger partial charge < -0.3 is 24.8 Å². The van der Waals surface area contributed by atoms with Gasteiger partial charge in [0.1, 0.15) is 6.10 Å². The van der Waals surface area contributed by atoms with Gasteiger partial charge in [-0.2, -0.15) is 0 Å². The molecule has 1 aromatic rings. The SMILES string of the molecule is CC1COC(C(O)C(C)(O)C2CC3CCC4=C5C(CCC2(C)C53O)C2(C)CCC(OCCc3ccccc3)CC2C4=O)C1C. The number of ketones is 1. The number of allylic oxidation sites excluding steroid dienone is 1. The molecule has 0 radical (unpaired) electrons. The van der Waals surface area contributed by atoms with E-state index in [1.807, 2.05) is 6.07 Å². The Labute approximate surface area is 263 Å². The first-order valence-electron chi connectivity index (χ1n) is 17.5. The van der Waals surface area contributed by atoms with Gasteiger partial charge in [-0.3, -0.25) is 4.79 Å². The molecule has 242 valence electrons. The molecule has 1 heterocycles. The van der Waals surface area contributed by atoms with Gasteiger partial charge in [0.25, 0.3) is 0 Å². The van der Waals surface area contributed by atoms with E-state index in [1.165, 1.54) is 5.56 Å². The van der Waals surface area contributed by atoms with Crippen molar-refractivity contribution in [3.8, 4) is 0 Å². The molecule has 13 atom stereocenters. The first kappa shape index (κ1) is 31.1. The van der Waals surface area contributed by atoms with Gasteiger partial charge in [0.05, 0.1) is 30.0 Å². The van der Waals surface area contributed by atoms with E-state index in [1.54, 1.807) is 6.92 Å². The smallest absolute Gasteiger partial charge is 0.162 e. The molecule has 1 aliphatic heterocycles. The van der Waals surface area contributed by atoms with Crippen LogP contribution in [0.3, 0.4) is 0 Å². The second-order valence-corrected chi connectivity index (χ2v) is 16.4. The lowest BCUT2D eigenvalue weighted by Crippen LogP contribution is -2.65. The van der Waals surface area contributed by atoms with Crippen LogP contribution in [0, 0.1) is 46.3 Å². The highest BCUT2D eigenvalue weighted by atomic mass is 16.5. The Morgan fingerprint density at radius 2 is 1.82 bits per heavy atom. The number of benzene rings is 1. The Morgan fingerprint density at radius 3 is 2.52 bits per heavy atom. The molecule has 5 aliphatic carbocycles. The average Bonchev–Trinajstić information content (AvgIpc) is 3.46. The summed E-state index contributed by atoms with van der Waals surface area (Å²) in [5.41, 5.74) is -0.214. The maximum Gasteiger partial charge on any atom is 0.162 e. The highest BCUT2D eigenvalue weighted by molar-refractivity contribution is 6.00. The maximum absolute atomic E-state index is 14.4. The van der Waals surface area contributed by atoms with E-state index in [4.69, 9.17) is 9.47 Å². The fourth-order valence-electron chi connectivity index (χ4n) is 11.5. The minimum atomic E-state index is -1.42. The van der Waals surface area contributed by atoms with Gasteiger partial charge in [0, 0.05) is 17.9 Å². The number of carbonyl (C=O) groups is 1. The van der Waals surface area contributed by atoms with Gasteiger partial charge >= 0.3 is 0 Å². The van der Waals surface area contributed by atoms with Gasteiger partial charge in [0.2, 0.25) is 0 Å². The van der Waals surface area contributed by atoms with Gasteiger partial charge in [0.15, 0.2) is 5.78 Å². The molecule has 1 aromatic carbocycles. The summed E-state index contributed by atoms with van der Waals surface area (Å²) in [5, 5.41) is 37.0. The summed E-state index contributed by atoms with van der Waals surface area (Å²) in [4.78, 5) is 14.4. The van der Waals surface area contributed by atoms with Crippen LogP contribution in [0.15, 0.2) is 41.5 Å². The van der Waals surface area contributed by atoms with Crippen molar-refractivity contribution in [3.05, 3.63) is 47.0 Å². The predicted molar refractivity (Wildman–Crippen MR) is 169 cm³/mol. The molecule has 0 spiro atoms. The van der Waals surface area contributed by atoms with Crippen LogP contribution in [0.2, 0.25) is 0 Å². The Bertz CT molecular complexity index is 1310. The Hall–Kier alpha value is -1.57. The van der Waals surface area contributed by atoms with Crippen molar-refractivity contribution < 1.29 is 29.6 Å². The predicted octanol–water partition coefficient (Wildman–Crippen LogP) is 5.66. The summed E-state index contributed by atoms with van der Waals surface area (Å²) in [7, 11) is 0. The number of ether oxygens (including phenoxy) is 2. The summed E-state index contributed by atoms with van der Waals surface area (Å²) >= 11 is 0. The summed E-state index contributed by atoms with van der Waals surface area (Å²) in [6.07, 6.45) is 5.93. The van der Waals surface area contributed by atoms with E-state index >= 15 is 0 Å². The second kappa shape index (κ2) is 10.7. The number of hydrogen-bond acceptors (Lipinski definition) is 6. The minimum absolute atomic E-state index is 0.0239. The lowest BCUT2D eigenvalue weighted by molar-refractivity contribution is -0.196. The maximum atomic E-state index is 14.4. The second-order valence-electron chi connectivity index (χ2n) is 16.4. The molecule has 7 rings (SSSR count). The lowest BCUT2D eigenvalue weighted by atomic mass is 9.42. The van der Waals surface area contributed by atoms with Crippen LogP contribution in [0.25, 0.3) is 0 Å². The zero-order valence-electron chi connectivity index (χ0n) is 27.4. The fourth-order valence-corrected chi connectivity index (χ4v) is 11.5. The Morgan fingerprint density at radius 1 is 1.07 bits per heavy atom. The quantitative estimate of drug-likeness (QED) is 0.371. The van der Waals surface area contributed by atoms with E-state index < -0.39 is 28.8 Å². The third-order valence-electron chi connectivity index (χ3n) is 14.4. The molecule has 6 aliphatic rings. The van der Waals surface area contributed by atoms with Gasteiger partial charge in [-0.1, -0.05) is 58.0 Å². The number of aliphatic hydroxyl groups is 3. The monoisotopic (exact) mass is 606 g/mol. The largest absolute Gasteiger partial charge is 0.387 e. The standard InChI is InChI=1S/C38H54O6/c1-22-21-44-33(23(22)2)34(40)37(5,41)30-19-25-11-12-27-31-28(14-17-36(30,4)38(25,31)42)35(3)16-13-26(20-29(35)32(27)39)43-18-15-24-9-7-6-8-10-24/h6-10,22-23,25-26,28-30,33-34,40-42H,11-21H2,1-5H3. The summed E-state index contributed by atoms with van der Waals surface area (Å²) < 4.78 is 12.4. The Kier molecular flexibility index (Phi) is 7.57. The number of Topliss-reactive ketones (excluding diaryl/α,β-unsaturated/α-hetero) is 1. The van der Waals surface area contributed by atoms with Crippen molar-refractivity contribution in [1.29, 1.82) is 0 Å². The first-order valence-corrected chi connectivity index (χ1v) is 17.5. The van der Waals surface area contributed by atoms with E-state index in [0.717, 1.165) is 56.1 Å². The Balaban J connectivity index is 1.16. The number of rotatable bonds is 7. The third-order valence-corrected chi connectivity index (χ3v) is 14.4. The summed E-state index contributed by atoms with van der Waals surface area (Å²) in [6.45, 7) is 11.7. The van der Waals surface area contributed by atoms with Crippen molar-refractivity contribution in [2.24, 2.45) is 46.3 Å². The normalized spacial score (nSPS) is 46.8. The van der Waals surface area contributed by atoms with Crippen molar-refractivity contribution in [2.45, 2.75) is 122 Å². The van der Waals surface area contributed by atoms with Crippen LogP contribution in [0.5, 0.6) is 0 Å². The molecule has 6 nitrogen and oxygen atoms in total. The van der Waals surface area contributed by atoms with E-state index in [0.29, 0.717) is 32.0 Å². The lowest BCUT2D eigenvalue weighted by Gasteiger charge is -2.63. The zero-order valence-corrected chi connectivity index (χ0v) is 27.4. The molecule has 0 amide bonds. The molecule has 13 unspecified atom stereocenters. The first-order chi connectivity index (χ1) is 20.8. The van der Waals surface area contributed by atoms with Crippen molar-refractivity contribution >= 4 is 5.78 Å². The van der Waals surface area contributed by atoms with Crippen LogP contribution in [0.4, 0.5) is 0 Å². The van der Waals surface area contributed by atoms with Crippen LogP contribution in [-0.4, -0.2) is 63.8 Å². The number of fused-ring (bicyclic) bond motifs is 2.